The van der Waals surface area contributed by atoms with E-state index < -0.39 is 17.9 Å². The van der Waals surface area contributed by atoms with Gasteiger partial charge in [-0.2, -0.15) is 18.4 Å². The Morgan fingerprint density at radius 3 is 1.94 bits per heavy atom. The maximum atomic E-state index is 13.1. The number of ether oxygens (including phenoxy) is 2. The second-order valence-corrected chi connectivity index (χ2v) is 3.55. The number of hydrogen-bond donors (Lipinski definition) is 0. The molecule has 0 aliphatic heterocycles. The van der Waals surface area contributed by atoms with Crippen molar-refractivity contribution in [1.82, 2.24) is 0 Å². The fourth-order valence-electron chi connectivity index (χ4n) is 1.74. The predicted molar refractivity (Wildman–Crippen MR) is 57.6 cm³/mol. The molecule has 0 aliphatic rings. The highest BCUT2D eigenvalue weighted by atomic mass is 19.4. The molecule has 1 rings (SSSR count). The summed E-state index contributed by atoms with van der Waals surface area (Å²) in [6.07, 6.45) is -4.83. The Morgan fingerprint density at radius 1 is 1.11 bits per heavy atom. The van der Waals surface area contributed by atoms with Crippen molar-refractivity contribution in [3.63, 3.8) is 0 Å². The number of alkyl halides is 3. The van der Waals surface area contributed by atoms with E-state index in [1.807, 2.05) is 0 Å². The average molecular weight is 259 g/mol. The van der Waals surface area contributed by atoms with Gasteiger partial charge in [-0.05, 0) is 5.56 Å². The summed E-state index contributed by atoms with van der Waals surface area (Å²) >= 11 is 0. The summed E-state index contributed by atoms with van der Waals surface area (Å²) in [5.74, 6) is -4.57. The summed E-state index contributed by atoms with van der Waals surface area (Å²) in [5.41, 5.74) is 0.182. The zero-order valence-electron chi connectivity index (χ0n) is 9.86. The van der Waals surface area contributed by atoms with Gasteiger partial charge in [-0.3, -0.25) is 0 Å². The molecule has 0 aliphatic carbocycles. The van der Waals surface area contributed by atoms with Gasteiger partial charge in [0.25, 0.3) is 5.79 Å². The number of nitrogens with zero attached hydrogens (tertiary/aromatic N) is 1. The lowest BCUT2D eigenvalue weighted by Gasteiger charge is -2.36. The van der Waals surface area contributed by atoms with Crippen LogP contribution >= 0.6 is 0 Å². The summed E-state index contributed by atoms with van der Waals surface area (Å²) < 4.78 is 48.3. The van der Waals surface area contributed by atoms with Gasteiger partial charge in [0.05, 0.1) is 6.07 Å². The SMILES string of the molecule is COC(OC)([C@@H](C#N)c1ccccc1)C(F)(F)F. The molecule has 98 valence electrons. The van der Waals surface area contributed by atoms with Crippen LogP contribution < -0.4 is 0 Å². The van der Waals surface area contributed by atoms with Gasteiger partial charge in [0.1, 0.15) is 5.92 Å². The van der Waals surface area contributed by atoms with Crippen LogP contribution in [0.4, 0.5) is 13.2 Å². The molecule has 0 unspecified atom stereocenters. The maximum absolute atomic E-state index is 13.1. The van der Waals surface area contributed by atoms with Crippen LogP contribution in [0.25, 0.3) is 0 Å². The Bertz CT molecular complexity index is 421. The van der Waals surface area contributed by atoms with Crippen molar-refractivity contribution in [2.45, 2.75) is 17.9 Å². The number of methoxy groups -OCH3 is 2. The summed E-state index contributed by atoms with van der Waals surface area (Å²) in [7, 11) is 1.73. The standard InChI is InChI=1S/C12H12F3NO2/c1-17-11(18-2,12(13,14)15)10(8-16)9-6-4-3-5-7-9/h3-7,10H,1-2H3/t10-/m0/s1. The highest BCUT2D eigenvalue weighted by Gasteiger charge is 2.62. The molecule has 0 amide bonds. The molecular weight excluding hydrogens is 247 g/mol. The van der Waals surface area contributed by atoms with Gasteiger partial charge in [0.15, 0.2) is 0 Å². The third-order valence-corrected chi connectivity index (χ3v) is 2.64. The van der Waals surface area contributed by atoms with Crippen LogP contribution in [0.2, 0.25) is 0 Å². The lowest BCUT2D eigenvalue weighted by molar-refractivity contribution is -0.370. The molecule has 0 fully saturated rings. The van der Waals surface area contributed by atoms with E-state index in [0.717, 1.165) is 14.2 Å². The van der Waals surface area contributed by atoms with Gasteiger partial charge >= 0.3 is 6.18 Å². The van der Waals surface area contributed by atoms with E-state index in [9.17, 15) is 13.2 Å². The molecule has 0 saturated carbocycles. The van der Waals surface area contributed by atoms with Gasteiger partial charge in [-0.15, -0.1) is 0 Å². The molecule has 1 atom stereocenters. The number of nitriles is 1. The van der Waals surface area contributed by atoms with Gasteiger partial charge in [-0.25, -0.2) is 0 Å². The quantitative estimate of drug-likeness (QED) is 0.781. The van der Waals surface area contributed by atoms with E-state index in [1.54, 1.807) is 24.3 Å². The van der Waals surface area contributed by atoms with Gasteiger partial charge < -0.3 is 9.47 Å². The Labute approximate surface area is 103 Å². The number of rotatable bonds is 4. The van der Waals surface area contributed by atoms with Crippen molar-refractivity contribution >= 4 is 0 Å². The molecule has 0 heterocycles. The molecule has 3 nitrogen and oxygen atoms in total. The van der Waals surface area contributed by atoms with Crippen LogP contribution in [-0.2, 0) is 9.47 Å². The molecule has 0 saturated heterocycles. The van der Waals surface area contributed by atoms with Crippen LogP contribution in [0.3, 0.4) is 0 Å². The molecule has 1 aromatic carbocycles. The zero-order valence-corrected chi connectivity index (χ0v) is 9.86. The van der Waals surface area contributed by atoms with Gasteiger partial charge in [-0.1, -0.05) is 30.3 Å². The molecule has 6 heteroatoms. The van der Waals surface area contributed by atoms with Crippen molar-refractivity contribution < 1.29 is 22.6 Å². The topological polar surface area (TPSA) is 42.2 Å². The minimum absolute atomic E-state index is 0.182. The van der Waals surface area contributed by atoms with Crippen LogP contribution in [-0.4, -0.2) is 26.2 Å². The van der Waals surface area contributed by atoms with E-state index in [2.05, 4.69) is 9.47 Å². The molecule has 0 N–H and O–H groups in total. The molecule has 0 aromatic heterocycles. The first kappa shape index (κ1) is 14.5. The van der Waals surface area contributed by atoms with E-state index >= 15 is 0 Å². The Hall–Kier alpha value is -1.58. The summed E-state index contributed by atoms with van der Waals surface area (Å²) in [4.78, 5) is 0. The minimum atomic E-state index is -4.83. The first-order chi connectivity index (χ1) is 8.43. The number of benzene rings is 1. The van der Waals surface area contributed by atoms with Crippen molar-refractivity contribution in [3.8, 4) is 6.07 Å². The average Bonchev–Trinajstić information content (AvgIpc) is 2.35. The highest BCUT2D eigenvalue weighted by molar-refractivity contribution is 5.28. The van der Waals surface area contributed by atoms with E-state index in [-0.39, 0.29) is 5.56 Å². The molecule has 0 spiro atoms. The Balaban J connectivity index is 3.32. The van der Waals surface area contributed by atoms with Crippen LogP contribution in [0.15, 0.2) is 30.3 Å². The molecule has 18 heavy (non-hydrogen) atoms. The highest BCUT2D eigenvalue weighted by Crippen LogP contribution is 2.44. The minimum Gasteiger partial charge on any atom is -0.345 e. The lowest BCUT2D eigenvalue weighted by atomic mass is 9.91. The normalized spacial score (nSPS) is 14.0. The van der Waals surface area contributed by atoms with E-state index in [0.29, 0.717) is 0 Å². The smallest absolute Gasteiger partial charge is 0.345 e. The van der Waals surface area contributed by atoms with Crippen LogP contribution in [0, 0.1) is 11.3 Å². The second kappa shape index (κ2) is 5.38. The molecule has 0 bridgehead atoms. The number of halogens is 3. The summed E-state index contributed by atoms with van der Waals surface area (Å²) in [6.45, 7) is 0. The monoisotopic (exact) mass is 259 g/mol. The van der Waals surface area contributed by atoms with Crippen molar-refractivity contribution in [2.24, 2.45) is 0 Å². The number of hydrogen-bond acceptors (Lipinski definition) is 3. The predicted octanol–water partition coefficient (Wildman–Crippen LogP) is 2.85. The third-order valence-electron chi connectivity index (χ3n) is 2.64. The van der Waals surface area contributed by atoms with Crippen LogP contribution in [0.1, 0.15) is 11.5 Å². The molecule has 0 radical (unpaired) electrons. The molecular formula is C12H12F3NO2. The van der Waals surface area contributed by atoms with E-state index in [4.69, 9.17) is 5.26 Å². The third kappa shape index (κ3) is 2.33. The maximum Gasteiger partial charge on any atom is 0.445 e. The Morgan fingerprint density at radius 2 is 1.61 bits per heavy atom. The van der Waals surface area contributed by atoms with Crippen molar-refractivity contribution in [3.05, 3.63) is 35.9 Å². The first-order valence-corrected chi connectivity index (χ1v) is 5.04. The Kier molecular flexibility index (Phi) is 4.33. The first-order valence-electron chi connectivity index (χ1n) is 5.04. The van der Waals surface area contributed by atoms with Crippen molar-refractivity contribution in [2.75, 3.05) is 14.2 Å². The van der Waals surface area contributed by atoms with E-state index in [1.165, 1.54) is 12.1 Å². The van der Waals surface area contributed by atoms with Crippen molar-refractivity contribution in [1.29, 1.82) is 5.26 Å². The second-order valence-electron chi connectivity index (χ2n) is 3.55. The fraction of sp³-hybridized carbons (Fsp3) is 0.417. The summed E-state index contributed by atoms with van der Waals surface area (Å²) in [6, 6.07) is 9.18. The summed E-state index contributed by atoms with van der Waals surface area (Å²) in [5, 5.41) is 9.03. The molecule has 1 aromatic rings. The zero-order chi connectivity index (χ0) is 13.8. The van der Waals surface area contributed by atoms with Gasteiger partial charge in [0, 0.05) is 14.2 Å². The van der Waals surface area contributed by atoms with Gasteiger partial charge in [0.2, 0.25) is 0 Å². The van der Waals surface area contributed by atoms with Crippen LogP contribution in [0.5, 0.6) is 0 Å². The lowest BCUT2D eigenvalue weighted by Crippen LogP contribution is -2.53. The largest absolute Gasteiger partial charge is 0.445 e. The fourth-order valence-corrected chi connectivity index (χ4v) is 1.74.